The van der Waals surface area contributed by atoms with Crippen molar-refractivity contribution in [2.45, 2.75) is 16.7 Å². The molecular formula is C22H17F2NS2. The van der Waals surface area contributed by atoms with E-state index in [-0.39, 0.29) is 11.6 Å². The second kappa shape index (κ2) is 9.53. The van der Waals surface area contributed by atoms with Crippen LogP contribution in [-0.4, -0.2) is 5.04 Å². The predicted octanol–water partition coefficient (Wildman–Crippen LogP) is 7.48. The number of para-hydroxylation sites is 1. The van der Waals surface area contributed by atoms with E-state index in [1.165, 1.54) is 47.8 Å². The van der Waals surface area contributed by atoms with Crippen LogP contribution in [0.1, 0.15) is 6.92 Å². The van der Waals surface area contributed by atoms with Crippen LogP contribution in [0.3, 0.4) is 0 Å². The zero-order valence-electron chi connectivity index (χ0n) is 14.6. The number of halogens is 2. The van der Waals surface area contributed by atoms with Gasteiger partial charge in [-0.15, -0.1) is 0 Å². The molecule has 5 heteroatoms. The Balaban J connectivity index is 1.85. The second-order valence-corrected chi connectivity index (χ2v) is 7.69. The van der Waals surface area contributed by atoms with Crippen LogP contribution in [0.4, 0.5) is 14.5 Å². The Bertz CT molecular complexity index is 934. The van der Waals surface area contributed by atoms with Gasteiger partial charge in [-0.2, -0.15) is 0 Å². The lowest BCUT2D eigenvalue weighted by Crippen LogP contribution is -1.94. The molecule has 0 atom stereocenters. The average Bonchev–Trinajstić information content (AvgIpc) is 2.69. The highest BCUT2D eigenvalue weighted by Crippen LogP contribution is 2.29. The summed E-state index contributed by atoms with van der Waals surface area (Å²) in [7, 11) is 0. The molecule has 0 fully saturated rings. The molecule has 27 heavy (non-hydrogen) atoms. The summed E-state index contributed by atoms with van der Waals surface area (Å²) in [5, 5.41) is 2.81. The highest BCUT2D eigenvalue weighted by Gasteiger charge is 2.07. The Morgan fingerprint density at radius 3 is 1.93 bits per heavy atom. The number of thioether (sulfide) groups is 2. The molecule has 0 heterocycles. The van der Waals surface area contributed by atoms with Crippen molar-refractivity contribution >= 4 is 34.3 Å². The van der Waals surface area contributed by atoms with Crippen molar-refractivity contribution in [3.05, 3.63) is 101 Å². The van der Waals surface area contributed by atoms with Crippen molar-refractivity contribution < 1.29 is 8.78 Å². The Morgan fingerprint density at radius 1 is 0.778 bits per heavy atom. The number of nitrogens with zero attached hydrogens (tertiary/aromatic N) is 1. The number of benzene rings is 3. The van der Waals surface area contributed by atoms with E-state index in [0.717, 1.165) is 26.1 Å². The minimum Gasteiger partial charge on any atom is -0.241 e. The van der Waals surface area contributed by atoms with Gasteiger partial charge in [0, 0.05) is 9.79 Å². The highest BCUT2D eigenvalue weighted by atomic mass is 32.2. The molecule has 0 radical (unpaired) electrons. The molecule has 0 aliphatic rings. The maximum absolute atomic E-state index is 13.2. The summed E-state index contributed by atoms with van der Waals surface area (Å²) in [6.07, 6.45) is 0. The van der Waals surface area contributed by atoms with E-state index < -0.39 is 0 Å². The van der Waals surface area contributed by atoms with Crippen LogP contribution in [0.25, 0.3) is 0 Å². The van der Waals surface area contributed by atoms with Gasteiger partial charge in [-0.1, -0.05) is 41.7 Å². The summed E-state index contributed by atoms with van der Waals surface area (Å²) in [4.78, 5) is 6.60. The molecule has 0 spiro atoms. The van der Waals surface area contributed by atoms with Crippen LogP contribution in [0.15, 0.2) is 105 Å². The Morgan fingerprint density at radius 2 is 1.33 bits per heavy atom. The van der Waals surface area contributed by atoms with Crippen molar-refractivity contribution in [2.75, 3.05) is 0 Å². The van der Waals surface area contributed by atoms with Gasteiger partial charge in [-0.3, -0.25) is 0 Å². The van der Waals surface area contributed by atoms with Gasteiger partial charge in [0.15, 0.2) is 0 Å². The van der Waals surface area contributed by atoms with Crippen LogP contribution >= 0.6 is 23.5 Å². The van der Waals surface area contributed by atoms with E-state index in [2.05, 4.69) is 0 Å². The first-order valence-corrected chi connectivity index (χ1v) is 9.96. The summed E-state index contributed by atoms with van der Waals surface area (Å²) < 4.78 is 26.2. The second-order valence-electron chi connectivity index (χ2n) is 5.68. The van der Waals surface area contributed by atoms with Gasteiger partial charge >= 0.3 is 0 Å². The SMILES string of the molecule is CC(=C\Sc1ccc(F)cc1)/C(=N/c1ccccc1)Sc1ccc(F)cc1. The fraction of sp³-hybridized carbons (Fsp3) is 0.0455. The number of hydrogen-bond acceptors (Lipinski definition) is 3. The van der Waals surface area contributed by atoms with Gasteiger partial charge < -0.3 is 0 Å². The average molecular weight is 398 g/mol. The van der Waals surface area contributed by atoms with E-state index in [4.69, 9.17) is 4.99 Å². The normalized spacial score (nSPS) is 12.3. The summed E-state index contributed by atoms with van der Waals surface area (Å²) in [5.41, 5.74) is 1.82. The number of aliphatic imine (C=N–C) groups is 1. The van der Waals surface area contributed by atoms with Gasteiger partial charge in [0.1, 0.15) is 16.7 Å². The standard InChI is InChI=1S/C22H17F2NS2/c1-16(15-26-20-11-7-17(23)8-12-20)22(25-19-5-3-2-4-6-19)27-21-13-9-18(24)10-14-21/h2-15H,1H3/b16-15+,25-22-. The van der Waals surface area contributed by atoms with Crippen molar-refractivity contribution in [3.63, 3.8) is 0 Å². The first-order chi connectivity index (χ1) is 13.1. The highest BCUT2D eigenvalue weighted by molar-refractivity contribution is 8.14. The summed E-state index contributed by atoms with van der Waals surface area (Å²) in [5.74, 6) is -0.515. The Hall–Kier alpha value is -2.37. The zero-order valence-corrected chi connectivity index (χ0v) is 16.2. The monoisotopic (exact) mass is 397 g/mol. The van der Waals surface area contributed by atoms with E-state index in [0.29, 0.717) is 0 Å². The molecule has 0 bridgehead atoms. The topological polar surface area (TPSA) is 12.4 Å². The smallest absolute Gasteiger partial charge is 0.123 e. The third-order valence-electron chi connectivity index (χ3n) is 3.54. The maximum Gasteiger partial charge on any atom is 0.123 e. The van der Waals surface area contributed by atoms with Gasteiger partial charge in [0.2, 0.25) is 0 Å². The molecule has 136 valence electrons. The lowest BCUT2D eigenvalue weighted by atomic mass is 10.3. The van der Waals surface area contributed by atoms with Crippen LogP contribution in [-0.2, 0) is 0 Å². The van der Waals surface area contributed by atoms with Crippen molar-refractivity contribution in [2.24, 2.45) is 4.99 Å². The maximum atomic E-state index is 13.2. The van der Waals surface area contributed by atoms with E-state index in [9.17, 15) is 8.78 Å². The molecule has 0 amide bonds. The largest absolute Gasteiger partial charge is 0.241 e. The molecule has 0 N–H and O–H groups in total. The van der Waals surface area contributed by atoms with Gasteiger partial charge in [-0.25, -0.2) is 13.8 Å². The van der Waals surface area contributed by atoms with Gasteiger partial charge in [0.25, 0.3) is 0 Å². The van der Waals surface area contributed by atoms with Gasteiger partial charge in [0.05, 0.1) is 5.69 Å². The van der Waals surface area contributed by atoms with Crippen molar-refractivity contribution in [1.29, 1.82) is 0 Å². The fourth-order valence-electron chi connectivity index (χ4n) is 2.15. The molecule has 3 aromatic carbocycles. The quantitative estimate of drug-likeness (QED) is 0.251. The van der Waals surface area contributed by atoms with E-state index >= 15 is 0 Å². The van der Waals surface area contributed by atoms with Crippen LogP contribution in [0.5, 0.6) is 0 Å². The summed E-state index contributed by atoms with van der Waals surface area (Å²) in [6, 6.07) is 22.4. The summed E-state index contributed by atoms with van der Waals surface area (Å²) >= 11 is 2.99. The molecule has 3 aromatic rings. The molecule has 0 saturated heterocycles. The van der Waals surface area contributed by atoms with Crippen LogP contribution in [0.2, 0.25) is 0 Å². The molecule has 0 aliphatic heterocycles. The van der Waals surface area contributed by atoms with E-state index in [1.807, 2.05) is 42.7 Å². The molecule has 3 rings (SSSR count). The fourth-order valence-corrected chi connectivity index (χ4v) is 3.80. The van der Waals surface area contributed by atoms with Crippen LogP contribution < -0.4 is 0 Å². The number of hydrogen-bond donors (Lipinski definition) is 0. The Kier molecular flexibility index (Phi) is 6.85. The summed E-state index contributed by atoms with van der Waals surface area (Å²) in [6.45, 7) is 1.98. The van der Waals surface area contributed by atoms with Crippen molar-refractivity contribution in [3.8, 4) is 0 Å². The Labute approximate surface area is 166 Å². The molecule has 0 aliphatic carbocycles. The first kappa shape index (κ1) is 19.4. The first-order valence-electron chi connectivity index (χ1n) is 8.27. The van der Waals surface area contributed by atoms with Crippen LogP contribution in [0, 0.1) is 11.6 Å². The lowest BCUT2D eigenvalue weighted by molar-refractivity contribution is 0.626. The molecule has 0 saturated carbocycles. The van der Waals surface area contributed by atoms with Crippen molar-refractivity contribution in [1.82, 2.24) is 0 Å². The van der Waals surface area contributed by atoms with Gasteiger partial charge in [-0.05, 0) is 78.6 Å². The third-order valence-corrected chi connectivity index (χ3v) is 5.67. The van der Waals surface area contributed by atoms with E-state index in [1.54, 1.807) is 24.3 Å². The molecule has 0 aromatic heterocycles. The predicted molar refractivity (Wildman–Crippen MR) is 112 cm³/mol. The zero-order chi connectivity index (χ0) is 19.1. The molecular weight excluding hydrogens is 380 g/mol. The lowest BCUT2D eigenvalue weighted by Gasteiger charge is -2.08. The third kappa shape index (κ3) is 6.08. The molecule has 1 nitrogen and oxygen atoms in total. The molecule has 0 unspecified atom stereocenters. The number of rotatable bonds is 5. The minimum absolute atomic E-state index is 0.252. The minimum atomic E-state index is -0.264.